The SMILES string of the molecule is CCc1noc(CCC(=O)N2CCC[C@H]2c2ccnc(N(C)C)c2)n1. The first-order valence-corrected chi connectivity index (χ1v) is 8.82. The van der Waals surface area contributed by atoms with Gasteiger partial charge >= 0.3 is 0 Å². The van der Waals surface area contributed by atoms with Gasteiger partial charge in [0.25, 0.3) is 0 Å². The van der Waals surface area contributed by atoms with E-state index in [1.165, 1.54) is 0 Å². The standard InChI is InChI=1S/C18H25N5O2/c1-4-15-20-17(25-21-15)7-8-18(24)23-11-5-6-14(23)13-9-10-19-16(12-13)22(2)3/h9-10,12,14H,4-8,11H2,1-3H3/t14-/m0/s1. The maximum Gasteiger partial charge on any atom is 0.227 e. The molecule has 1 aliphatic rings. The smallest absolute Gasteiger partial charge is 0.227 e. The van der Waals surface area contributed by atoms with Crippen LogP contribution in [0, 0.1) is 0 Å². The number of rotatable bonds is 6. The predicted octanol–water partition coefficient (Wildman–Crippen LogP) is 2.39. The average molecular weight is 343 g/mol. The third-order valence-corrected chi connectivity index (χ3v) is 4.56. The average Bonchev–Trinajstić information content (AvgIpc) is 3.29. The highest BCUT2D eigenvalue weighted by molar-refractivity contribution is 5.77. The van der Waals surface area contributed by atoms with Gasteiger partial charge in [0, 0.05) is 46.1 Å². The topological polar surface area (TPSA) is 75.4 Å². The molecule has 3 heterocycles. The molecule has 0 unspecified atom stereocenters. The summed E-state index contributed by atoms with van der Waals surface area (Å²) < 4.78 is 5.18. The summed E-state index contributed by atoms with van der Waals surface area (Å²) in [4.78, 5) is 25.3. The van der Waals surface area contributed by atoms with Gasteiger partial charge in [0.05, 0.1) is 6.04 Å². The fourth-order valence-electron chi connectivity index (χ4n) is 3.19. The Kier molecular flexibility index (Phi) is 5.31. The van der Waals surface area contributed by atoms with Crippen LogP contribution in [-0.4, -0.2) is 46.6 Å². The highest BCUT2D eigenvalue weighted by Gasteiger charge is 2.30. The number of hydrogen-bond donors (Lipinski definition) is 0. The van der Waals surface area contributed by atoms with Crippen LogP contribution < -0.4 is 4.90 Å². The lowest BCUT2D eigenvalue weighted by Crippen LogP contribution is -2.30. The number of pyridine rings is 1. The first kappa shape index (κ1) is 17.4. The Bertz CT molecular complexity index is 728. The van der Waals surface area contributed by atoms with Crippen molar-refractivity contribution >= 4 is 11.7 Å². The maximum atomic E-state index is 12.7. The van der Waals surface area contributed by atoms with Crippen LogP contribution in [0.1, 0.15) is 49.5 Å². The second-order valence-electron chi connectivity index (χ2n) is 6.54. The normalized spacial score (nSPS) is 17.1. The van der Waals surface area contributed by atoms with Crippen LogP contribution in [0.15, 0.2) is 22.9 Å². The summed E-state index contributed by atoms with van der Waals surface area (Å²) in [5, 5.41) is 3.88. The molecule has 1 amide bonds. The molecule has 1 fully saturated rings. The van der Waals surface area contributed by atoms with Crippen LogP contribution in [-0.2, 0) is 17.6 Å². The van der Waals surface area contributed by atoms with Crippen LogP contribution in [0.5, 0.6) is 0 Å². The lowest BCUT2D eigenvalue weighted by Gasteiger charge is -2.25. The van der Waals surface area contributed by atoms with Crippen LogP contribution in [0.25, 0.3) is 0 Å². The molecule has 7 heteroatoms. The van der Waals surface area contributed by atoms with E-state index in [9.17, 15) is 4.79 Å². The molecule has 1 aliphatic heterocycles. The number of likely N-dealkylation sites (tertiary alicyclic amines) is 1. The minimum Gasteiger partial charge on any atom is -0.363 e. The second kappa shape index (κ2) is 7.63. The van der Waals surface area contributed by atoms with Crippen molar-refractivity contribution in [2.24, 2.45) is 0 Å². The van der Waals surface area contributed by atoms with Crippen LogP contribution >= 0.6 is 0 Å². The Balaban J connectivity index is 1.66. The van der Waals surface area contributed by atoms with E-state index in [2.05, 4.69) is 21.2 Å². The lowest BCUT2D eigenvalue weighted by molar-refractivity contribution is -0.132. The zero-order valence-corrected chi connectivity index (χ0v) is 15.1. The summed E-state index contributed by atoms with van der Waals surface area (Å²) in [7, 11) is 3.94. The molecule has 7 nitrogen and oxygen atoms in total. The minimum absolute atomic E-state index is 0.128. The molecule has 0 bridgehead atoms. The Labute approximate surface area is 148 Å². The summed E-state index contributed by atoms with van der Waals surface area (Å²) >= 11 is 0. The summed E-state index contributed by atoms with van der Waals surface area (Å²) in [5.41, 5.74) is 1.15. The molecule has 2 aromatic heterocycles. The van der Waals surface area contributed by atoms with Gasteiger partial charge in [0.15, 0.2) is 5.82 Å². The molecule has 3 rings (SSSR count). The van der Waals surface area contributed by atoms with E-state index in [0.717, 1.165) is 37.2 Å². The first-order chi connectivity index (χ1) is 12.1. The third kappa shape index (κ3) is 3.97. The highest BCUT2D eigenvalue weighted by atomic mass is 16.5. The van der Waals surface area contributed by atoms with Crippen LogP contribution in [0.2, 0.25) is 0 Å². The van der Waals surface area contributed by atoms with Gasteiger partial charge < -0.3 is 14.3 Å². The molecular formula is C18H25N5O2. The Morgan fingerprint density at radius 1 is 1.44 bits per heavy atom. The van der Waals surface area contributed by atoms with Gasteiger partial charge in [0.1, 0.15) is 5.82 Å². The van der Waals surface area contributed by atoms with Gasteiger partial charge in [-0.15, -0.1) is 0 Å². The van der Waals surface area contributed by atoms with Crippen molar-refractivity contribution in [3.63, 3.8) is 0 Å². The first-order valence-electron chi connectivity index (χ1n) is 8.82. The van der Waals surface area contributed by atoms with Gasteiger partial charge in [-0.05, 0) is 30.5 Å². The van der Waals surface area contributed by atoms with Gasteiger partial charge in [0.2, 0.25) is 11.8 Å². The molecule has 0 aromatic carbocycles. The largest absolute Gasteiger partial charge is 0.363 e. The monoisotopic (exact) mass is 343 g/mol. The Morgan fingerprint density at radius 2 is 2.28 bits per heavy atom. The predicted molar refractivity (Wildman–Crippen MR) is 94.2 cm³/mol. The number of carbonyl (C=O) groups excluding carboxylic acids is 1. The molecule has 1 saturated heterocycles. The number of anilines is 1. The van der Waals surface area contributed by atoms with Crippen LogP contribution in [0.3, 0.4) is 0 Å². The number of carbonyl (C=O) groups is 1. The number of amides is 1. The van der Waals surface area contributed by atoms with E-state index in [1.807, 2.05) is 43.1 Å². The van der Waals surface area contributed by atoms with E-state index < -0.39 is 0 Å². The van der Waals surface area contributed by atoms with Crippen molar-refractivity contribution in [3.05, 3.63) is 35.6 Å². The Morgan fingerprint density at radius 3 is 3.00 bits per heavy atom. The van der Waals surface area contributed by atoms with Gasteiger partial charge in [-0.2, -0.15) is 4.98 Å². The molecule has 0 spiro atoms. The zero-order chi connectivity index (χ0) is 17.8. The summed E-state index contributed by atoms with van der Waals surface area (Å²) in [6, 6.07) is 4.21. The van der Waals surface area contributed by atoms with E-state index in [1.54, 1.807) is 0 Å². The van der Waals surface area contributed by atoms with Crippen molar-refractivity contribution in [2.75, 3.05) is 25.5 Å². The molecule has 134 valence electrons. The van der Waals surface area contributed by atoms with Crippen molar-refractivity contribution in [2.45, 2.75) is 45.1 Å². The maximum absolute atomic E-state index is 12.7. The van der Waals surface area contributed by atoms with E-state index >= 15 is 0 Å². The van der Waals surface area contributed by atoms with Gasteiger partial charge in [-0.25, -0.2) is 4.98 Å². The summed E-state index contributed by atoms with van der Waals surface area (Å²) in [5.74, 6) is 2.28. The number of hydrogen-bond acceptors (Lipinski definition) is 6. The quantitative estimate of drug-likeness (QED) is 0.802. The molecule has 1 atom stereocenters. The third-order valence-electron chi connectivity index (χ3n) is 4.56. The number of aryl methyl sites for hydroxylation is 2. The molecule has 25 heavy (non-hydrogen) atoms. The molecule has 0 aliphatic carbocycles. The van der Waals surface area contributed by atoms with E-state index in [0.29, 0.717) is 24.6 Å². The van der Waals surface area contributed by atoms with Crippen molar-refractivity contribution in [1.29, 1.82) is 0 Å². The van der Waals surface area contributed by atoms with Gasteiger partial charge in [-0.1, -0.05) is 12.1 Å². The van der Waals surface area contributed by atoms with Crippen molar-refractivity contribution in [3.8, 4) is 0 Å². The molecule has 0 radical (unpaired) electrons. The van der Waals surface area contributed by atoms with Crippen molar-refractivity contribution < 1.29 is 9.32 Å². The highest BCUT2D eigenvalue weighted by Crippen LogP contribution is 2.33. The van der Waals surface area contributed by atoms with Gasteiger partial charge in [-0.3, -0.25) is 4.79 Å². The van der Waals surface area contributed by atoms with Crippen molar-refractivity contribution in [1.82, 2.24) is 20.0 Å². The second-order valence-corrected chi connectivity index (χ2v) is 6.54. The van der Waals surface area contributed by atoms with E-state index in [-0.39, 0.29) is 11.9 Å². The van der Waals surface area contributed by atoms with Crippen LogP contribution in [0.4, 0.5) is 5.82 Å². The Hall–Kier alpha value is -2.44. The summed E-state index contributed by atoms with van der Waals surface area (Å²) in [6.45, 7) is 2.78. The molecule has 0 saturated carbocycles. The number of aromatic nitrogens is 3. The summed E-state index contributed by atoms with van der Waals surface area (Å²) in [6.07, 6.45) is 5.46. The molecule has 2 aromatic rings. The zero-order valence-electron chi connectivity index (χ0n) is 15.1. The van der Waals surface area contributed by atoms with E-state index in [4.69, 9.17) is 4.52 Å². The molecule has 0 N–H and O–H groups in total. The number of nitrogens with zero attached hydrogens (tertiary/aromatic N) is 5. The minimum atomic E-state index is 0.128. The fraction of sp³-hybridized carbons (Fsp3) is 0.556. The lowest BCUT2D eigenvalue weighted by atomic mass is 10.1. The fourth-order valence-corrected chi connectivity index (χ4v) is 3.19. The molecular weight excluding hydrogens is 318 g/mol.